The molecule has 0 bridgehead atoms. The van der Waals surface area contributed by atoms with Gasteiger partial charge >= 0.3 is 12.1 Å². The lowest BCUT2D eigenvalue weighted by Gasteiger charge is -2.23. The van der Waals surface area contributed by atoms with Gasteiger partial charge in [0.15, 0.2) is 0 Å². The number of nitrogens with one attached hydrogen (secondary N) is 2. The summed E-state index contributed by atoms with van der Waals surface area (Å²) in [4.78, 5) is 24.6. The monoisotopic (exact) mass is 409 g/mol. The van der Waals surface area contributed by atoms with Crippen molar-refractivity contribution < 1.29 is 27.9 Å². The van der Waals surface area contributed by atoms with Gasteiger partial charge in [-0.2, -0.15) is 13.2 Å². The number of carboxylic acids is 1. The number of hydrogen-bond donors (Lipinski definition) is 3. The Kier molecular flexibility index (Phi) is 7.60. The molecule has 2 rings (SSSR count). The van der Waals surface area contributed by atoms with Gasteiger partial charge < -0.3 is 20.6 Å². The summed E-state index contributed by atoms with van der Waals surface area (Å²) in [7, 11) is 0. The highest BCUT2D eigenvalue weighted by atomic mass is 19.4. The number of rotatable bonds is 9. The van der Waals surface area contributed by atoms with E-state index in [-0.39, 0.29) is 18.0 Å². The van der Waals surface area contributed by atoms with E-state index in [4.69, 9.17) is 5.11 Å². The van der Waals surface area contributed by atoms with Crippen LogP contribution in [0.3, 0.4) is 0 Å². The Balaban J connectivity index is 1.77. The second kappa shape index (κ2) is 9.92. The van der Waals surface area contributed by atoms with Gasteiger partial charge in [0.2, 0.25) is 5.91 Å². The van der Waals surface area contributed by atoms with Crippen LogP contribution < -0.4 is 15.5 Å². The Morgan fingerprint density at radius 1 is 1.03 bits per heavy atom. The first-order chi connectivity index (χ1) is 13.7. The van der Waals surface area contributed by atoms with Gasteiger partial charge in [-0.15, -0.1) is 0 Å². The van der Waals surface area contributed by atoms with E-state index in [9.17, 15) is 22.8 Å². The Labute approximate surface area is 166 Å². The first-order valence-electron chi connectivity index (χ1n) is 8.97. The Morgan fingerprint density at radius 2 is 1.66 bits per heavy atom. The predicted octanol–water partition coefficient (Wildman–Crippen LogP) is 3.46. The van der Waals surface area contributed by atoms with Crippen LogP contribution in [0, 0.1) is 0 Å². The number of carbonyl (C=O) groups excluding carboxylic acids is 1. The molecule has 0 unspecified atom stereocenters. The van der Waals surface area contributed by atoms with Gasteiger partial charge in [0.25, 0.3) is 0 Å². The van der Waals surface area contributed by atoms with Crippen LogP contribution >= 0.6 is 0 Å². The summed E-state index contributed by atoms with van der Waals surface area (Å²) in [6.07, 6.45) is -4.36. The molecular formula is C20H22F3N3O3. The van der Waals surface area contributed by atoms with Crippen molar-refractivity contribution in [3.05, 3.63) is 59.7 Å². The molecule has 6 nitrogen and oxygen atoms in total. The summed E-state index contributed by atoms with van der Waals surface area (Å²) in [5.41, 5.74) is 0.597. The normalized spacial score (nSPS) is 11.2. The topological polar surface area (TPSA) is 81.7 Å². The highest BCUT2D eigenvalue weighted by Crippen LogP contribution is 2.30. The number of carbonyl (C=O) groups is 2. The Bertz CT molecular complexity index is 822. The third-order valence-electron chi connectivity index (χ3n) is 4.20. The average Bonchev–Trinajstić information content (AvgIpc) is 2.68. The summed E-state index contributed by atoms with van der Waals surface area (Å²) in [6, 6.07) is 10.8. The lowest BCUT2D eigenvalue weighted by molar-refractivity contribution is -0.137. The van der Waals surface area contributed by atoms with Gasteiger partial charge in [0.05, 0.1) is 17.7 Å². The molecule has 3 N–H and O–H groups in total. The summed E-state index contributed by atoms with van der Waals surface area (Å²) < 4.78 is 38.0. The summed E-state index contributed by atoms with van der Waals surface area (Å²) in [6.45, 7) is 3.52. The molecule has 0 spiro atoms. The van der Waals surface area contributed by atoms with Crippen molar-refractivity contribution in [3.63, 3.8) is 0 Å². The smallest absolute Gasteiger partial charge is 0.416 e. The van der Waals surface area contributed by atoms with Gasteiger partial charge in [-0.3, -0.25) is 4.79 Å². The molecule has 0 aliphatic rings. The number of nitrogens with zero attached hydrogens (tertiary/aromatic N) is 1. The maximum Gasteiger partial charge on any atom is 0.416 e. The minimum atomic E-state index is -4.36. The molecule has 2 aromatic carbocycles. The molecule has 156 valence electrons. The van der Waals surface area contributed by atoms with Gasteiger partial charge in [-0.1, -0.05) is 0 Å². The molecule has 0 radical (unpaired) electrons. The summed E-state index contributed by atoms with van der Waals surface area (Å²) in [5.74, 6) is -1.33. The zero-order valence-electron chi connectivity index (χ0n) is 15.8. The second-order valence-electron chi connectivity index (χ2n) is 6.23. The zero-order chi connectivity index (χ0) is 21.4. The van der Waals surface area contributed by atoms with Crippen LogP contribution in [0.5, 0.6) is 0 Å². The molecule has 1 amide bonds. The van der Waals surface area contributed by atoms with Crippen LogP contribution in [0.2, 0.25) is 0 Å². The SMILES string of the molecule is CCN(CCNCC(=O)Nc1ccc(C(=O)O)cc1)c1ccc(C(F)(F)F)cc1. The van der Waals surface area contributed by atoms with Crippen molar-refractivity contribution in [2.75, 3.05) is 36.4 Å². The fourth-order valence-corrected chi connectivity index (χ4v) is 2.65. The lowest BCUT2D eigenvalue weighted by Crippen LogP contribution is -2.35. The Morgan fingerprint density at radius 3 is 2.17 bits per heavy atom. The number of likely N-dealkylation sites (N-methyl/N-ethyl adjacent to an activating group) is 1. The number of alkyl halides is 3. The van der Waals surface area contributed by atoms with Crippen LogP contribution in [0.25, 0.3) is 0 Å². The number of amides is 1. The first-order valence-corrected chi connectivity index (χ1v) is 8.97. The molecule has 0 saturated heterocycles. The van der Waals surface area contributed by atoms with Crippen LogP contribution in [0.15, 0.2) is 48.5 Å². The Hall–Kier alpha value is -3.07. The standard InChI is InChI=1S/C20H22F3N3O3/c1-2-26(17-9-5-15(6-10-17)20(21,22)23)12-11-24-13-18(27)25-16-7-3-14(4-8-16)19(28)29/h3-10,24H,2,11-13H2,1H3,(H,25,27)(H,28,29). The number of benzene rings is 2. The van der Waals surface area contributed by atoms with Crippen molar-refractivity contribution >= 4 is 23.3 Å². The predicted molar refractivity (Wildman–Crippen MR) is 104 cm³/mol. The minimum absolute atomic E-state index is 0.0469. The summed E-state index contributed by atoms with van der Waals surface area (Å²) in [5, 5.41) is 14.5. The van der Waals surface area contributed by atoms with E-state index in [0.29, 0.717) is 31.0 Å². The minimum Gasteiger partial charge on any atom is -0.478 e. The highest BCUT2D eigenvalue weighted by molar-refractivity contribution is 5.93. The molecule has 0 heterocycles. The largest absolute Gasteiger partial charge is 0.478 e. The van der Waals surface area contributed by atoms with Crippen LogP contribution in [-0.2, 0) is 11.0 Å². The van der Waals surface area contributed by atoms with Crippen molar-refractivity contribution in [2.24, 2.45) is 0 Å². The van der Waals surface area contributed by atoms with E-state index in [1.807, 2.05) is 11.8 Å². The van der Waals surface area contributed by atoms with Crippen LogP contribution in [0.4, 0.5) is 24.5 Å². The highest BCUT2D eigenvalue weighted by Gasteiger charge is 2.30. The van der Waals surface area contributed by atoms with E-state index >= 15 is 0 Å². The van der Waals surface area contributed by atoms with Gasteiger partial charge in [0.1, 0.15) is 0 Å². The average molecular weight is 409 g/mol. The van der Waals surface area contributed by atoms with Gasteiger partial charge in [-0.05, 0) is 55.5 Å². The zero-order valence-corrected chi connectivity index (χ0v) is 15.8. The van der Waals surface area contributed by atoms with Crippen LogP contribution in [-0.4, -0.2) is 43.2 Å². The number of hydrogen-bond acceptors (Lipinski definition) is 4. The van der Waals surface area contributed by atoms with Crippen LogP contribution in [0.1, 0.15) is 22.8 Å². The molecule has 0 aromatic heterocycles. The van der Waals surface area contributed by atoms with Crippen molar-refractivity contribution in [1.29, 1.82) is 0 Å². The second-order valence-corrected chi connectivity index (χ2v) is 6.23. The number of anilines is 2. The van der Waals surface area contributed by atoms with E-state index < -0.39 is 17.7 Å². The van der Waals surface area contributed by atoms with E-state index in [1.165, 1.54) is 36.4 Å². The molecule has 9 heteroatoms. The number of halogens is 3. The molecule has 0 atom stereocenters. The first kappa shape index (κ1) is 22.2. The lowest BCUT2D eigenvalue weighted by atomic mass is 10.2. The molecule has 0 aliphatic carbocycles. The molecule has 2 aromatic rings. The van der Waals surface area contributed by atoms with Gasteiger partial charge in [0, 0.05) is 31.0 Å². The fourth-order valence-electron chi connectivity index (χ4n) is 2.65. The number of aromatic carboxylic acids is 1. The molecule has 0 aliphatic heterocycles. The third kappa shape index (κ3) is 6.79. The quantitative estimate of drug-likeness (QED) is 0.553. The van der Waals surface area contributed by atoms with E-state index in [2.05, 4.69) is 10.6 Å². The van der Waals surface area contributed by atoms with E-state index in [1.54, 1.807) is 0 Å². The maximum atomic E-state index is 12.7. The van der Waals surface area contributed by atoms with Crippen molar-refractivity contribution in [2.45, 2.75) is 13.1 Å². The third-order valence-corrected chi connectivity index (χ3v) is 4.20. The van der Waals surface area contributed by atoms with Gasteiger partial charge in [-0.25, -0.2) is 4.79 Å². The maximum absolute atomic E-state index is 12.7. The van der Waals surface area contributed by atoms with E-state index in [0.717, 1.165) is 12.1 Å². The molecular weight excluding hydrogens is 387 g/mol. The summed E-state index contributed by atoms with van der Waals surface area (Å²) >= 11 is 0. The van der Waals surface area contributed by atoms with Crippen molar-refractivity contribution in [1.82, 2.24) is 5.32 Å². The molecule has 29 heavy (non-hydrogen) atoms. The van der Waals surface area contributed by atoms with Crippen molar-refractivity contribution in [3.8, 4) is 0 Å². The molecule has 0 fully saturated rings. The number of carboxylic acid groups (broad SMARTS) is 1. The molecule has 0 saturated carbocycles. The fraction of sp³-hybridized carbons (Fsp3) is 0.300.